The van der Waals surface area contributed by atoms with Gasteiger partial charge >= 0.3 is 0 Å². The van der Waals surface area contributed by atoms with Gasteiger partial charge in [0.05, 0.1) is 20.6 Å². The molecule has 0 unspecified atom stereocenters. The predicted molar refractivity (Wildman–Crippen MR) is 95.0 cm³/mol. The Morgan fingerprint density at radius 2 is 1.68 bits per heavy atom. The summed E-state index contributed by atoms with van der Waals surface area (Å²) in [6.45, 7) is 0. The van der Waals surface area contributed by atoms with Gasteiger partial charge in [-0.15, -0.1) is 0 Å². The normalized spacial score (nSPS) is 10.3. The third-order valence-corrected chi connectivity index (χ3v) is 3.36. The minimum absolute atomic E-state index is 0.100. The summed E-state index contributed by atoms with van der Waals surface area (Å²) in [6.07, 6.45) is 3.12. The summed E-state index contributed by atoms with van der Waals surface area (Å²) in [5.41, 5.74) is 6.35. The molecule has 6 heteroatoms. The van der Waals surface area contributed by atoms with Crippen LogP contribution in [0.15, 0.2) is 54.6 Å². The van der Waals surface area contributed by atoms with E-state index in [1.54, 1.807) is 31.4 Å². The first-order valence-electron chi connectivity index (χ1n) is 7.65. The maximum Gasteiger partial charge on any atom is 0.262 e. The van der Waals surface area contributed by atoms with Crippen LogP contribution in [0.2, 0.25) is 0 Å². The van der Waals surface area contributed by atoms with Gasteiger partial charge in [0.1, 0.15) is 0 Å². The van der Waals surface area contributed by atoms with Crippen molar-refractivity contribution < 1.29 is 19.1 Å². The van der Waals surface area contributed by atoms with Gasteiger partial charge < -0.3 is 9.47 Å². The molecular weight excluding hydrogens is 320 g/mol. The molecule has 0 aliphatic rings. The first-order valence-corrected chi connectivity index (χ1v) is 7.65. The zero-order valence-corrected chi connectivity index (χ0v) is 14.1. The second kappa shape index (κ2) is 9.12. The van der Waals surface area contributed by atoms with Crippen LogP contribution < -0.4 is 20.3 Å². The number of nitrogens with one attached hydrogen (secondary N) is 2. The van der Waals surface area contributed by atoms with Gasteiger partial charge in [0, 0.05) is 6.08 Å². The molecular formula is C19H20N2O4. The molecule has 2 rings (SSSR count). The van der Waals surface area contributed by atoms with Crippen molar-refractivity contribution in [3.63, 3.8) is 0 Å². The number of rotatable bonds is 6. The summed E-state index contributed by atoms with van der Waals surface area (Å²) >= 11 is 0. The first kappa shape index (κ1) is 18.1. The second-order valence-electron chi connectivity index (χ2n) is 5.15. The number of benzene rings is 2. The van der Waals surface area contributed by atoms with Crippen LogP contribution in [0.4, 0.5) is 0 Å². The van der Waals surface area contributed by atoms with E-state index in [1.165, 1.54) is 13.2 Å². The Bertz CT molecular complexity index is 757. The summed E-state index contributed by atoms with van der Waals surface area (Å²) in [7, 11) is 3.07. The fourth-order valence-corrected chi connectivity index (χ4v) is 2.13. The van der Waals surface area contributed by atoms with Crippen LogP contribution in [0.5, 0.6) is 11.5 Å². The van der Waals surface area contributed by atoms with E-state index < -0.39 is 5.91 Å². The number of carbonyl (C=O) groups is 2. The SMILES string of the molecule is COc1ccc(CC(=O)NNC(=O)/C=C/c2ccccc2)cc1OC. The smallest absolute Gasteiger partial charge is 0.262 e. The van der Waals surface area contributed by atoms with Crippen molar-refractivity contribution in [2.24, 2.45) is 0 Å². The van der Waals surface area contributed by atoms with Crippen molar-refractivity contribution in [3.8, 4) is 11.5 Å². The zero-order valence-electron chi connectivity index (χ0n) is 14.1. The highest BCUT2D eigenvalue weighted by molar-refractivity contribution is 5.93. The molecule has 130 valence electrons. The zero-order chi connectivity index (χ0) is 18.1. The molecule has 6 nitrogen and oxygen atoms in total. The van der Waals surface area contributed by atoms with Crippen LogP contribution in [-0.4, -0.2) is 26.0 Å². The van der Waals surface area contributed by atoms with Crippen LogP contribution in [0.3, 0.4) is 0 Å². The second-order valence-corrected chi connectivity index (χ2v) is 5.15. The lowest BCUT2D eigenvalue weighted by Gasteiger charge is -2.10. The van der Waals surface area contributed by atoms with E-state index in [1.807, 2.05) is 30.3 Å². The number of hydrogen-bond donors (Lipinski definition) is 2. The molecule has 0 bridgehead atoms. The molecule has 0 atom stereocenters. The highest BCUT2D eigenvalue weighted by Gasteiger charge is 2.08. The number of ether oxygens (including phenoxy) is 2. The Labute approximate surface area is 146 Å². The van der Waals surface area contributed by atoms with Gasteiger partial charge in [-0.3, -0.25) is 20.4 Å². The van der Waals surface area contributed by atoms with Crippen LogP contribution in [0.1, 0.15) is 11.1 Å². The van der Waals surface area contributed by atoms with E-state index in [0.717, 1.165) is 11.1 Å². The van der Waals surface area contributed by atoms with Gasteiger partial charge in [-0.2, -0.15) is 0 Å². The van der Waals surface area contributed by atoms with Crippen LogP contribution in [-0.2, 0) is 16.0 Å². The lowest BCUT2D eigenvalue weighted by molar-refractivity contribution is -0.126. The average Bonchev–Trinajstić information content (AvgIpc) is 2.65. The topological polar surface area (TPSA) is 76.7 Å². The van der Waals surface area contributed by atoms with Crippen LogP contribution in [0.25, 0.3) is 6.08 Å². The van der Waals surface area contributed by atoms with Crippen molar-refractivity contribution in [3.05, 3.63) is 65.7 Å². The van der Waals surface area contributed by atoms with Crippen LogP contribution in [0, 0.1) is 0 Å². The number of hydrazine groups is 1. The molecule has 2 aromatic rings. The average molecular weight is 340 g/mol. The van der Waals surface area contributed by atoms with E-state index in [4.69, 9.17) is 9.47 Å². The van der Waals surface area contributed by atoms with Gasteiger partial charge in [-0.1, -0.05) is 36.4 Å². The van der Waals surface area contributed by atoms with E-state index >= 15 is 0 Å². The Morgan fingerprint density at radius 3 is 2.36 bits per heavy atom. The van der Waals surface area contributed by atoms with Crippen LogP contribution >= 0.6 is 0 Å². The molecule has 0 heterocycles. The standard InChI is InChI=1S/C19H20N2O4/c1-24-16-10-8-15(12-17(16)25-2)13-19(23)21-20-18(22)11-9-14-6-4-3-5-7-14/h3-12H,13H2,1-2H3,(H,20,22)(H,21,23)/b11-9+. The van der Waals surface area contributed by atoms with E-state index in [2.05, 4.69) is 10.9 Å². The Hall–Kier alpha value is -3.28. The summed E-state index contributed by atoms with van der Waals surface area (Å²) in [5, 5.41) is 0. The molecule has 0 spiro atoms. The quantitative estimate of drug-likeness (QED) is 0.624. The number of hydrogen-bond acceptors (Lipinski definition) is 4. The molecule has 0 radical (unpaired) electrons. The molecule has 2 aromatic carbocycles. The van der Waals surface area contributed by atoms with Crippen molar-refractivity contribution in [1.29, 1.82) is 0 Å². The van der Waals surface area contributed by atoms with Gasteiger partial charge in [0.25, 0.3) is 5.91 Å². The molecule has 0 saturated heterocycles. The summed E-state index contributed by atoms with van der Waals surface area (Å²) in [5.74, 6) is 0.381. The summed E-state index contributed by atoms with van der Waals surface area (Å²) < 4.78 is 10.3. The largest absolute Gasteiger partial charge is 0.493 e. The maximum absolute atomic E-state index is 11.9. The fourth-order valence-electron chi connectivity index (χ4n) is 2.13. The lowest BCUT2D eigenvalue weighted by Crippen LogP contribution is -2.41. The van der Waals surface area contributed by atoms with Gasteiger partial charge in [0.15, 0.2) is 11.5 Å². The molecule has 0 aliphatic heterocycles. The molecule has 2 amide bonds. The highest BCUT2D eigenvalue weighted by Crippen LogP contribution is 2.27. The van der Waals surface area contributed by atoms with Gasteiger partial charge in [-0.25, -0.2) is 0 Å². The highest BCUT2D eigenvalue weighted by atomic mass is 16.5. The third-order valence-electron chi connectivity index (χ3n) is 3.36. The van der Waals surface area contributed by atoms with E-state index in [9.17, 15) is 9.59 Å². The minimum atomic E-state index is -0.412. The van der Waals surface area contributed by atoms with Gasteiger partial charge in [-0.05, 0) is 29.3 Å². The third kappa shape index (κ3) is 5.69. The van der Waals surface area contributed by atoms with Crippen molar-refractivity contribution in [2.45, 2.75) is 6.42 Å². The summed E-state index contributed by atoms with van der Waals surface area (Å²) in [4.78, 5) is 23.6. The Morgan fingerprint density at radius 1 is 0.960 bits per heavy atom. The predicted octanol–water partition coefficient (Wildman–Crippen LogP) is 2.11. The van der Waals surface area contributed by atoms with Gasteiger partial charge in [0.2, 0.25) is 5.91 Å². The Balaban J connectivity index is 1.84. The maximum atomic E-state index is 11.9. The monoisotopic (exact) mass is 340 g/mol. The molecule has 0 fully saturated rings. The molecule has 0 aromatic heterocycles. The molecule has 2 N–H and O–H groups in total. The van der Waals surface area contributed by atoms with Crippen molar-refractivity contribution in [1.82, 2.24) is 10.9 Å². The summed E-state index contributed by atoms with van der Waals surface area (Å²) in [6, 6.07) is 14.6. The minimum Gasteiger partial charge on any atom is -0.493 e. The van der Waals surface area contributed by atoms with Crippen molar-refractivity contribution in [2.75, 3.05) is 14.2 Å². The molecule has 0 saturated carbocycles. The fraction of sp³-hybridized carbons (Fsp3) is 0.158. The van der Waals surface area contributed by atoms with Crippen molar-refractivity contribution >= 4 is 17.9 Å². The lowest BCUT2D eigenvalue weighted by atomic mass is 10.1. The van der Waals surface area contributed by atoms with E-state index in [-0.39, 0.29) is 12.3 Å². The Kier molecular flexibility index (Phi) is 6.59. The van der Waals surface area contributed by atoms with E-state index in [0.29, 0.717) is 11.5 Å². The first-order chi connectivity index (χ1) is 12.1. The number of carbonyl (C=O) groups excluding carboxylic acids is 2. The molecule has 0 aliphatic carbocycles. The molecule has 25 heavy (non-hydrogen) atoms. The number of methoxy groups -OCH3 is 2. The number of amides is 2.